The number of hydrogen-bond donors (Lipinski definition) is 3. The van der Waals surface area contributed by atoms with Gasteiger partial charge in [-0.15, -0.1) is 0 Å². The van der Waals surface area contributed by atoms with E-state index in [2.05, 4.69) is 26.8 Å². The molecule has 0 heterocycles. The van der Waals surface area contributed by atoms with Crippen molar-refractivity contribution in [2.45, 2.75) is 110 Å². The van der Waals surface area contributed by atoms with Crippen molar-refractivity contribution < 1.29 is 15.3 Å². The smallest absolute Gasteiger partial charge is 0.0908 e. The molecule has 166 valence electrons. The van der Waals surface area contributed by atoms with Gasteiger partial charge in [-0.2, -0.15) is 0 Å². The predicted molar refractivity (Wildman–Crippen MR) is 117 cm³/mol. The fraction of sp³-hybridized carbons (Fsp3) is 0.923. The zero-order valence-corrected chi connectivity index (χ0v) is 19.1. The van der Waals surface area contributed by atoms with Crippen LogP contribution in [0.2, 0.25) is 0 Å². The second kappa shape index (κ2) is 7.95. The molecule has 0 amide bonds. The van der Waals surface area contributed by atoms with Gasteiger partial charge in [-0.25, -0.2) is 0 Å². The fourth-order valence-electron chi connectivity index (χ4n) is 8.05. The van der Waals surface area contributed by atoms with Gasteiger partial charge in [0.2, 0.25) is 0 Å². The van der Waals surface area contributed by atoms with Gasteiger partial charge in [0.05, 0.1) is 17.8 Å². The van der Waals surface area contributed by atoms with E-state index in [0.29, 0.717) is 24.2 Å². The average Bonchev–Trinajstić information content (AvgIpc) is 3.11. The van der Waals surface area contributed by atoms with E-state index in [4.69, 9.17) is 0 Å². The van der Waals surface area contributed by atoms with Crippen molar-refractivity contribution in [1.29, 1.82) is 0 Å². The molecule has 9 atom stereocenters. The van der Waals surface area contributed by atoms with Crippen LogP contribution in [0.15, 0.2) is 11.6 Å². The lowest BCUT2D eigenvalue weighted by atomic mass is 9.50. The van der Waals surface area contributed by atoms with Crippen molar-refractivity contribution in [2.75, 3.05) is 0 Å². The molecular formula is C26H44O3. The fourth-order valence-corrected chi connectivity index (χ4v) is 8.05. The summed E-state index contributed by atoms with van der Waals surface area (Å²) in [5.41, 5.74) is 0.849. The number of hydrogen-bond acceptors (Lipinski definition) is 3. The van der Waals surface area contributed by atoms with Crippen molar-refractivity contribution in [2.24, 2.45) is 40.9 Å². The summed E-state index contributed by atoms with van der Waals surface area (Å²) in [6, 6.07) is 0. The lowest BCUT2D eigenvalue weighted by molar-refractivity contribution is -0.125. The molecule has 0 aromatic carbocycles. The maximum Gasteiger partial charge on any atom is 0.0908 e. The van der Waals surface area contributed by atoms with Crippen LogP contribution < -0.4 is 0 Å². The minimum Gasteiger partial charge on any atom is -0.393 e. The third-order valence-electron chi connectivity index (χ3n) is 9.84. The summed E-state index contributed by atoms with van der Waals surface area (Å²) < 4.78 is 0. The standard InChI is InChI=1S/C26H44O3/c1-16(2)5-12-24(28)26(4,29)23-11-8-19-20-7-6-17-15-18(27)13-14-25(17,3)22(20)10-9-21(19)23/h6,16,18-24,27-29H,5,7-15H2,1-4H3/t18-,19?,20?,21?,22?,23?,24+,25-,26+/m0/s1. The summed E-state index contributed by atoms with van der Waals surface area (Å²) in [5, 5.41) is 32.4. The zero-order valence-electron chi connectivity index (χ0n) is 19.1. The normalized spacial score (nSPS) is 45.0. The Morgan fingerprint density at radius 3 is 2.52 bits per heavy atom. The van der Waals surface area contributed by atoms with Crippen LogP contribution in [0.1, 0.15) is 91.9 Å². The van der Waals surface area contributed by atoms with Gasteiger partial charge in [-0.1, -0.05) is 32.4 Å². The monoisotopic (exact) mass is 404 g/mol. The zero-order chi connectivity index (χ0) is 21.0. The van der Waals surface area contributed by atoms with E-state index in [1.807, 2.05) is 6.92 Å². The van der Waals surface area contributed by atoms with E-state index in [1.54, 1.807) is 0 Å². The minimum absolute atomic E-state index is 0.138. The summed E-state index contributed by atoms with van der Waals surface area (Å²) in [4.78, 5) is 0. The molecule has 0 saturated heterocycles. The Hall–Kier alpha value is -0.380. The van der Waals surface area contributed by atoms with Crippen LogP contribution in [-0.2, 0) is 0 Å². The third-order valence-corrected chi connectivity index (χ3v) is 9.84. The topological polar surface area (TPSA) is 60.7 Å². The number of allylic oxidation sites excluding steroid dienone is 1. The van der Waals surface area contributed by atoms with Crippen LogP contribution in [0.25, 0.3) is 0 Å². The number of aliphatic hydroxyl groups excluding tert-OH is 2. The molecule has 3 heteroatoms. The van der Waals surface area contributed by atoms with E-state index < -0.39 is 11.7 Å². The molecule has 3 fully saturated rings. The Balaban J connectivity index is 1.50. The highest BCUT2D eigenvalue weighted by molar-refractivity contribution is 5.24. The summed E-state index contributed by atoms with van der Waals surface area (Å²) >= 11 is 0. The second-order valence-corrected chi connectivity index (χ2v) is 11.9. The Morgan fingerprint density at radius 2 is 1.79 bits per heavy atom. The van der Waals surface area contributed by atoms with Gasteiger partial charge in [0, 0.05) is 0 Å². The van der Waals surface area contributed by atoms with Crippen LogP contribution in [0, 0.1) is 40.9 Å². The lowest BCUT2D eigenvalue weighted by Gasteiger charge is -2.55. The Morgan fingerprint density at radius 1 is 1.07 bits per heavy atom. The van der Waals surface area contributed by atoms with Crippen molar-refractivity contribution >= 4 is 0 Å². The molecule has 4 aliphatic carbocycles. The number of fused-ring (bicyclic) bond motifs is 5. The summed E-state index contributed by atoms with van der Waals surface area (Å²) in [6.45, 7) is 8.76. The first-order valence-electron chi connectivity index (χ1n) is 12.4. The largest absolute Gasteiger partial charge is 0.393 e. The molecule has 29 heavy (non-hydrogen) atoms. The average molecular weight is 405 g/mol. The second-order valence-electron chi connectivity index (χ2n) is 11.9. The summed E-state index contributed by atoms with van der Waals surface area (Å²) in [5.74, 6) is 3.53. The van der Waals surface area contributed by atoms with Gasteiger partial charge in [-0.05, 0) is 112 Å². The predicted octanol–water partition coefficient (Wildman–Crippen LogP) is 5.08. The summed E-state index contributed by atoms with van der Waals surface area (Å²) in [7, 11) is 0. The highest BCUT2D eigenvalue weighted by Crippen LogP contribution is 2.63. The molecule has 0 aromatic rings. The first kappa shape index (κ1) is 21.8. The molecule has 5 unspecified atom stereocenters. The molecule has 0 bridgehead atoms. The molecule has 0 spiro atoms. The van der Waals surface area contributed by atoms with Crippen LogP contribution in [0.5, 0.6) is 0 Å². The molecule has 3 N–H and O–H groups in total. The molecule has 4 aliphatic rings. The molecule has 0 radical (unpaired) electrons. The van der Waals surface area contributed by atoms with Gasteiger partial charge in [0.25, 0.3) is 0 Å². The number of rotatable bonds is 5. The summed E-state index contributed by atoms with van der Waals surface area (Å²) in [6.07, 6.45) is 12.3. The van der Waals surface area contributed by atoms with Crippen molar-refractivity contribution in [3.05, 3.63) is 11.6 Å². The van der Waals surface area contributed by atoms with Crippen LogP contribution >= 0.6 is 0 Å². The van der Waals surface area contributed by atoms with Crippen molar-refractivity contribution in [3.63, 3.8) is 0 Å². The highest BCUT2D eigenvalue weighted by Gasteiger charge is 2.57. The van der Waals surface area contributed by atoms with Gasteiger partial charge < -0.3 is 15.3 Å². The van der Waals surface area contributed by atoms with Gasteiger partial charge in [0.1, 0.15) is 0 Å². The van der Waals surface area contributed by atoms with Crippen LogP contribution in [0.3, 0.4) is 0 Å². The Bertz CT molecular complexity index is 623. The van der Waals surface area contributed by atoms with Gasteiger partial charge >= 0.3 is 0 Å². The van der Waals surface area contributed by atoms with Crippen LogP contribution in [-0.4, -0.2) is 33.1 Å². The minimum atomic E-state index is -0.963. The molecule has 0 aliphatic heterocycles. The van der Waals surface area contributed by atoms with E-state index in [0.717, 1.165) is 50.4 Å². The third kappa shape index (κ3) is 3.74. The SMILES string of the molecule is CC(C)CC[C@@H](O)[C@](C)(O)C1CCC2C3CC=C4C[C@@H](O)CC[C@]4(C)C3CCC21. The van der Waals surface area contributed by atoms with Gasteiger partial charge in [-0.3, -0.25) is 0 Å². The first-order chi connectivity index (χ1) is 13.6. The Kier molecular flexibility index (Phi) is 5.99. The van der Waals surface area contributed by atoms with Crippen molar-refractivity contribution in [1.82, 2.24) is 0 Å². The lowest BCUT2D eigenvalue weighted by Crippen LogP contribution is -2.51. The van der Waals surface area contributed by atoms with Crippen molar-refractivity contribution in [3.8, 4) is 0 Å². The van der Waals surface area contributed by atoms with E-state index in [-0.39, 0.29) is 17.4 Å². The molecule has 3 nitrogen and oxygen atoms in total. The highest BCUT2D eigenvalue weighted by atomic mass is 16.3. The number of aliphatic hydroxyl groups is 3. The van der Waals surface area contributed by atoms with Crippen LogP contribution in [0.4, 0.5) is 0 Å². The Labute approximate surface area is 178 Å². The first-order valence-corrected chi connectivity index (χ1v) is 12.4. The molecule has 0 aromatic heterocycles. The molecule has 4 rings (SSSR count). The molecular weight excluding hydrogens is 360 g/mol. The van der Waals surface area contributed by atoms with E-state index >= 15 is 0 Å². The quantitative estimate of drug-likeness (QED) is 0.560. The maximum atomic E-state index is 11.4. The maximum absolute atomic E-state index is 11.4. The van der Waals surface area contributed by atoms with Gasteiger partial charge in [0.15, 0.2) is 0 Å². The molecule has 3 saturated carbocycles. The van der Waals surface area contributed by atoms with E-state index in [1.165, 1.54) is 24.8 Å². The van der Waals surface area contributed by atoms with E-state index in [9.17, 15) is 15.3 Å².